The fourth-order valence-corrected chi connectivity index (χ4v) is 2.64. The molecule has 15 heavy (non-hydrogen) atoms. The molecule has 0 saturated carbocycles. The number of hydrogen-bond acceptors (Lipinski definition) is 3. The number of rotatable bonds is 1. The number of piperazine rings is 1. The van der Waals surface area contributed by atoms with Gasteiger partial charge in [0.1, 0.15) is 0 Å². The van der Waals surface area contributed by atoms with Gasteiger partial charge in [0.15, 0.2) is 0 Å². The fourth-order valence-electron chi connectivity index (χ4n) is 2.64. The smallest absolute Gasteiger partial charge is 0.221 e. The minimum absolute atomic E-state index is 0.225. The monoisotopic (exact) mass is 211 g/mol. The maximum absolute atomic E-state index is 11.5. The van der Waals surface area contributed by atoms with Crippen LogP contribution in [0.4, 0.5) is 0 Å². The third kappa shape index (κ3) is 2.69. The van der Waals surface area contributed by atoms with E-state index in [4.69, 9.17) is 0 Å². The van der Waals surface area contributed by atoms with Gasteiger partial charge in [-0.25, -0.2) is 0 Å². The van der Waals surface area contributed by atoms with Crippen molar-refractivity contribution in [3.8, 4) is 0 Å². The second-order valence-electron chi connectivity index (χ2n) is 4.64. The molecule has 86 valence electrons. The van der Waals surface area contributed by atoms with Gasteiger partial charge in [-0.3, -0.25) is 9.69 Å². The van der Waals surface area contributed by atoms with Crippen LogP contribution in [0.3, 0.4) is 0 Å². The Morgan fingerprint density at radius 3 is 3.07 bits per heavy atom. The molecule has 2 heterocycles. The van der Waals surface area contributed by atoms with Gasteiger partial charge in [-0.1, -0.05) is 0 Å². The van der Waals surface area contributed by atoms with Crippen molar-refractivity contribution in [2.75, 3.05) is 26.2 Å². The van der Waals surface area contributed by atoms with Gasteiger partial charge >= 0.3 is 0 Å². The Labute approximate surface area is 91.4 Å². The van der Waals surface area contributed by atoms with Crippen LogP contribution in [0.1, 0.15) is 26.2 Å². The molecule has 0 aliphatic carbocycles. The van der Waals surface area contributed by atoms with Crippen molar-refractivity contribution in [3.05, 3.63) is 0 Å². The zero-order chi connectivity index (χ0) is 10.7. The average Bonchev–Trinajstić information content (AvgIpc) is 2.43. The van der Waals surface area contributed by atoms with Crippen LogP contribution in [0.5, 0.6) is 0 Å². The highest BCUT2D eigenvalue weighted by Crippen LogP contribution is 2.17. The van der Waals surface area contributed by atoms with E-state index in [0.717, 1.165) is 39.0 Å². The molecular weight excluding hydrogens is 190 g/mol. The van der Waals surface area contributed by atoms with Crippen LogP contribution in [-0.4, -0.2) is 49.1 Å². The third-order valence-electron chi connectivity index (χ3n) is 3.48. The Bertz CT molecular complexity index is 232. The lowest BCUT2D eigenvalue weighted by atomic mass is 10.0. The highest BCUT2D eigenvalue weighted by Gasteiger charge is 2.28. The summed E-state index contributed by atoms with van der Waals surface area (Å²) in [6.07, 6.45) is 2.96. The molecule has 2 aliphatic heterocycles. The summed E-state index contributed by atoms with van der Waals surface area (Å²) >= 11 is 0. The molecule has 2 N–H and O–H groups in total. The van der Waals surface area contributed by atoms with Crippen molar-refractivity contribution in [1.29, 1.82) is 0 Å². The molecule has 0 radical (unpaired) electrons. The highest BCUT2D eigenvalue weighted by molar-refractivity contribution is 5.76. The Morgan fingerprint density at radius 1 is 1.40 bits per heavy atom. The Morgan fingerprint density at radius 2 is 2.27 bits per heavy atom. The minimum atomic E-state index is 0.225. The van der Waals surface area contributed by atoms with Crippen LogP contribution in [0, 0.1) is 0 Å². The van der Waals surface area contributed by atoms with Crippen LogP contribution >= 0.6 is 0 Å². The summed E-state index contributed by atoms with van der Waals surface area (Å²) in [5, 5.41) is 6.34. The van der Waals surface area contributed by atoms with Gasteiger partial charge in [-0.2, -0.15) is 0 Å². The Balaban J connectivity index is 1.97. The topological polar surface area (TPSA) is 44.4 Å². The molecule has 1 unspecified atom stereocenters. The molecule has 2 saturated heterocycles. The first-order valence-corrected chi connectivity index (χ1v) is 6.00. The highest BCUT2D eigenvalue weighted by atomic mass is 16.1. The Kier molecular flexibility index (Phi) is 3.59. The SMILES string of the molecule is C[C@@H]1CNCCN1C1CCCNC(=O)C1. The summed E-state index contributed by atoms with van der Waals surface area (Å²) in [6.45, 7) is 6.30. The summed E-state index contributed by atoms with van der Waals surface area (Å²) in [4.78, 5) is 14.0. The molecule has 1 amide bonds. The summed E-state index contributed by atoms with van der Waals surface area (Å²) in [5.41, 5.74) is 0. The van der Waals surface area contributed by atoms with Crippen molar-refractivity contribution in [3.63, 3.8) is 0 Å². The number of nitrogens with one attached hydrogen (secondary N) is 2. The molecule has 0 spiro atoms. The van der Waals surface area contributed by atoms with E-state index < -0.39 is 0 Å². The number of amides is 1. The molecule has 0 aromatic heterocycles. The normalized spacial score (nSPS) is 34.6. The van der Waals surface area contributed by atoms with Crippen molar-refractivity contribution in [2.24, 2.45) is 0 Å². The summed E-state index contributed by atoms with van der Waals surface area (Å²) in [6, 6.07) is 1.03. The van der Waals surface area contributed by atoms with E-state index in [2.05, 4.69) is 22.5 Å². The van der Waals surface area contributed by atoms with E-state index in [9.17, 15) is 4.79 Å². The molecule has 0 aromatic carbocycles. The number of hydrogen-bond donors (Lipinski definition) is 2. The number of nitrogens with zero attached hydrogens (tertiary/aromatic N) is 1. The maximum atomic E-state index is 11.5. The zero-order valence-corrected chi connectivity index (χ0v) is 9.46. The van der Waals surface area contributed by atoms with Gasteiger partial charge < -0.3 is 10.6 Å². The second kappa shape index (κ2) is 4.94. The molecule has 2 fully saturated rings. The quantitative estimate of drug-likeness (QED) is 0.639. The van der Waals surface area contributed by atoms with E-state index in [1.807, 2.05) is 0 Å². The van der Waals surface area contributed by atoms with Crippen LogP contribution in [-0.2, 0) is 4.79 Å². The summed E-state index contributed by atoms with van der Waals surface area (Å²) in [5.74, 6) is 0.225. The molecule has 4 nitrogen and oxygen atoms in total. The summed E-state index contributed by atoms with van der Waals surface area (Å²) in [7, 11) is 0. The number of carbonyl (C=O) groups is 1. The van der Waals surface area contributed by atoms with Gasteiger partial charge in [0.25, 0.3) is 0 Å². The molecule has 0 aromatic rings. The molecule has 0 bridgehead atoms. The fraction of sp³-hybridized carbons (Fsp3) is 0.909. The van der Waals surface area contributed by atoms with Crippen LogP contribution in [0.25, 0.3) is 0 Å². The molecular formula is C11H21N3O. The van der Waals surface area contributed by atoms with E-state index >= 15 is 0 Å². The van der Waals surface area contributed by atoms with E-state index in [-0.39, 0.29) is 5.91 Å². The van der Waals surface area contributed by atoms with Gasteiger partial charge in [-0.05, 0) is 19.8 Å². The standard InChI is InChI=1S/C11H21N3O/c1-9-8-12-5-6-14(9)10-3-2-4-13-11(15)7-10/h9-10,12H,2-8H2,1H3,(H,13,15)/t9-,10?/m1/s1. The predicted molar refractivity (Wildman–Crippen MR) is 59.7 cm³/mol. The van der Waals surface area contributed by atoms with Crippen molar-refractivity contribution in [1.82, 2.24) is 15.5 Å². The predicted octanol–water partition coefficient (Wildman–Crippen LogP) is -0.0512. The summed E-state index contributed by atoms with van der Waals surface area (Å²) < 4.78 is 0. The maximum Gasteiger partial charge on any atom is 0.221 e. The number of carbonyl (C=O) groups excluding carboxylic acids is 1. The zero-order valence-electron chi connectivity index (χ0n) is 9.46. The van der Waals surface area contributed by atoms with Crippen LogP contribution in [0.2, 0.25) is 0 Å². The van der Waals surface area contributed by atoms with Gasteiger partial charge in [0, 0.05) is 44.7 Å². The van der Waals surface area contributed by atoms with Crippen molar-refractivity contribution in [2.45, 2.75) is 38.3 Å². The van der Waals surface area contributed by atoms with E-state index in [1.165, 1.54) is 0 Å². The van der Waals surface area contributed by atoms with E-state index in [0.29, 0.717) is 18.5 Å². The lowest BCUT2D eigenvalue weighted by Gasteiger charge is -2.39. The van der Waals surface area contributed by atoms with Crippen molar-refractivity contribution < 1.29 is 4.79 Å². The third-order valence-corrected chi connectivity index (χ3v) is 3.48. The van der Waals surface area contributed by atoms with Gasteiger partial charge in [0.05, 0.1) is 0 Å². The van der Waals surface area contributed by atoms with E-state index in [1.54, 1.807) is 0 Å². The first kappa shape index (κ1) is 10.9. The lowest BCUT2D eigenvalue weighted by molar-refractivity contribution is -0.122. The molecule has 4 heteroatoms. The Hall–Kier alpha value is -0.610. The lowest BCUT2D eigenvalue weighted by Crippen LogP contribution is -2.54. The van der Waals surface area contributed by atoms with Crippen LogP contribution in [0.15, 0.2) is 0 Å². The van der Waals surface area contributed by atoms with Gasteiger partial charge in [0.2, 0.25) is 5.91 Å². The van der Waals surface area contributed by atoms with Crippen LogP contribution < -0.4 is 10.6 Å². The largest absolute Gasteiger partial charge is 0.356 e. The molecule has 2 rings (SSSR count). The first-order chi connectivity index (χ1) is 7.27. The second-order valence-corrected chi connectivity index (χ2v) is 4.64. The molecule has 2 atom stereocenters. The van der Waals surface area contributed by atoms with Gasteiger partial charge in [-0.15, -0.1) is 0 Å². The average molecular weight is 211 g/mol. The first-order valence-electron chi connectivity index (χ1n) is 6.00. The van der Waals surface area contributed by atoms with Crippen molar-refractivity contribution >= 4 is 5.91 Å². The molecule has 2 aliphatic rings. The minimum Gasteiger partial charge on any atom is -0.356 e.